The molecule has 1 fully saturated rings. The molecule has 0 unspecified atom stereocenters. The molecule has 1 aliphatic rings. The minimum Gasteiger partial charge on any atom is -0.493 e. The van der Waals surface area contributed by atoms with Crippen LogP contribution >= 0.6 is 0 Å². The van der Waals surface area contributed by atoms with Crippen LogP contribution in [0.15, 0.2) is 47.4 Å². The molecule has 0 radical (unpaired) electrons. The second kappa shape index (κ2) is 9.61. The van der Waals surface area contributed by atoms with Crippen molar-refractivity contribution < 1.29 is 22.7 Å². The molecule has 0 spiro atoms. The number of sulfonamides is 1. The smallest absolute Gasteiger partial charge is 0.262 e. The molecule has 158 valence electrons. The van der Waals surface area contributed by atoms with Gasteiger partial charge in [-0.05, 0) is 49.2 Å². The van der Waals surface area contributed by atoms with Gasteiger partial charge in [0, 0.05) is 24.8 Å². The summed E-state index contributed by atoms with van der Waals surface area (Å²) in [5.41, 5.74) is 0.885. The number of hydrogen-bond donors (Lipinski definition) is 1. The SMILES string of the molecule is COc1cc(C#N)ccc1OCC(=O)Nc1ccc(S(=O)(=O)N2CCCCC2)cc1. The van der Waals surface area contributed by atoms with Crippen LogP contribution in [0.1, 0.15) is 24.8 Å². The molecule has 0 saturated carbocycles. The van der Waals surface area contributed by atoms with Crippen molar-refractivity contribution in [3.8, 4) is 17.6 Å². The Morgan fingerprint density at radius 1 is 1.10 bits per heavy atom. The van der Waals surface area contributed by atoms with Crippen molar-refractivity contribution in [2.75, 3.05) is 32.1 Å². The minimum atomic E-state index is -3.51. The number of ether oxygens (including phenoxy) is 2. The number of nitrogens with one attached hydrogen (secondary N) is 1. The predicted octanol–water partition coefficient (Wildman–Crippen LogP) is 2.76. The molecule has 3 rings (SSSR count). The van der Waals surface area contributed by atoms with Gasteiger partial charge in [0.1, 0.15) is 0 Å². The number of carbonyl (C=O) groups is 1. The number of benzene rings is 2. The predicted molar refractivity (Wildman–Crippen MR) is 111 cm³/mol. The number of piperidine rings is 1. The highest BCUT2D eigenvalue weighted by molar-refractivity contribution is 7.89. The summed E-state index contributed by atoms with van der Waals surface area (Å²) in [7, 11) is -2.06. The van der Waals surface area contributed by atoms with Crippen LogP contribution in [-0.2, 0) is 14.8 Å². The Morgan fingerprint density at radius 2 is 1.80 bits per heavy atom. The van der Waals surface area contributed by atoms with E-state index < -0.39 is 15.9 Å². The molecule has 1 aliphatic heterocycles. The quantitative estimate of drug-likeness (QED) is 0.725. The molecule has 0 bridgehead atoms. The van der Waals surface area contributed by atoms with Gasteiger partial charge in [-0.2, -0.15) is 9.57 Å². The molecule has 0 aromatic heterocycles. The third-order valence-corrected chi connectivity index (χ3v) is 6.66. The molecule has 30 heavy (non-hydrogen) atoms. The largest absolute Gasteiger partial charge is 0.493 e. The lowest BCUT2D eigenvalue weighted by atomic mass is 10.2. The normalized spacial score (nSPS) is 14.5. The summed E-state index contributed by atoms with van der Waals surface area (Å²) in [5.74, 6) is 0.289. The maximum atomic E-state index is 12.7. The lowest BCUT2D eigenvalue weighted by molar-refractivity contribution is -0.118. The highest BCUT2D eigenvalue weighted by Gasteiger charge is 2.25. The van der Waals surface area contributed by atoms with Gasteiger partial charge < -0.3 is 14.8 Å². The molecule has 8 nitrogen and oxygen atoms in total. The van der Waals surface area contributed by atoms with Gasteiger partial charge in [0.2, 0.25) is 10.0 Å². The Bertz CT molecular complexity index is 1040. The average Bonchev–Trinajstić information content (AvgIpc) is 2.78. The van der Waals surface area contributed by atoms with Gasteiger partial charge in [0.05, 0.1) is 23.6 Å². The summed E-state index contributed by atoms with van der Waals surface area (Å²) < 4.78 is 37.5. The van der Waals surface area contributed by atoms with Gasteiger partial charge in [-0.3, -0.25) is 4.79 Å². The number of nitriles is 1. The zero-order chi connectivity index (χ0) is 21.6. The number of amides is 1. The van der Waals surface area contributed by atoms with Crippen molar-refractivity contribution in [2.45, 2.75) is 24.2 Å². The summed E-state index contributed by atoms with van der Waals surface area (Å²) in [4.78, 5) is 12.4. The van der Waals surface area contributed by atoms with E-state index in [1.165, 1.54) is 29.6 Å². The summed E-state index contributed by atoms with van der Waals surface area (Å²) in [6, 6.07) is 12.7. The number of anilines is 1. The number of methoxy groups -OCH3 is 1. The van der Waals surface area contributed by atoms with E-state index in [-0.39, 0.29) is 11.5 Å². The van der Waals surface area contributed by atoms with E-state index in [1.54, 1.807) is 24.3 Å². The minimum absolute atomic E-state index is 0.209. The monoisotopic (exact) mass is 429 g/mol. The van der Waals surface area contributed by atoms with E-state index in [0.29, 0.717) is 35.8 Å². The molecular formula is C21H23N3O5S. The highest BCUT2D eigenvalue weighted by Crippen LogP contribution is 2.28. The van der Waals surface area contributed by atoms with Crippen molar-refractivity contribution in [3.05, 3.63) is 48.0 Å². The highest BCUT2D eigenvalue weighted by atomic mass is 32.2. The Labute approximate surface area is 176 Å². The standard InChI is InChI=1S/C21H23N3O5S/c1-28-20-13-16(14-22)5-10-19(20)29-15-21(25)23-17-6-8-18(9-7-17)30(26,27)24-11-3-2-4-12-24/h5-10,13H,2-4,11-12,15H2,1H3,(H,23,25). The first-order chi connectivity index (χ1) is 14.4. The maximum Gasteiger partial charge on any atom is 0.262 e. The van der Waals surface area contributed by atoms with Crippen LogP contribution in [0.2, 0.25) is 0 Å². The molecule has 2 aromatic carbocycles. The van der Waals surface area contributed by atoms with E-state index >= 15 is 0 Å². The van der Waals surface area contributed by atoms with Gasteiger partial charge in [-0.25, -0.2) is 8.42 Å². The average molecular weight is 429 g/mol. The number of carbonyl (C=O) groups excluding carboxylic acids is 1. The van der Waals surface area contributed by atoms with Crippen molar-refractivity contribution >= 4 is 21.6 Å². The Kier molecular flexibility index (Phi) is 6.92. The van der Waals surface area contributed by atoms with E-state index in [2.05, 4.69) is 5.32 Å². The van der Waals surface area contributed by atoms with Gasteiger partial charge in [-0.1, -0.05) is 6.42 Å². The molecule has 1 heterocycles. The van der Waals surface area contributed by atoms with Crippen LogP contribution < -0.4 is 14.8 Å². The second-order valence-corrected chi connectivity index (χ2v) is 8.74. The zero-order valence-electron chi connectivity index (χ0n) is 16.6. The van der Waals surface area contributed by atoms with E-state index in [4.69, 9.17) is 14.7 Å². The van der Waals surface area contributed by atoms with Crippen LogP contribution in [0.5, 0.6) is 11.5 Å². The maximum absolute atomic E-state index is 12.7. The lowest BCUT2D eigenvalue weighted by Gasteiger charge is -2.25. The third-order valence-electron chi connectivity index (χ3n) is 4.74. The number of hydrogen-bond acceptors (Lipinski definition) is 6. The third kappa shape index (κ3) is 5.09. The lowest BCUT2D eigenvalue weighted by Crippen LogP contribution is -2.35. The first-order valence-electron chi connectivity index (χ1n) is 9.55. The van der Waals surface area contributed by atoms with Crippen molar-refractivity contribution in [2.24, 2.45) is 0 Å². The first kappa shape index (κ1) is 21.6. The van der Waals surface area contributed by atoms with Gasteiger partial charge in [-0.15, -0.1) is 0 Å². The van der Waals surface area contributed by atoms with Crippen LogP contribution in [0, 0.1) is 11.3 Å². The Hall–Kier alpha value is -3.09. The summed E-state index contributed by atoms with van der Waals surface area (Å²) in [5, 5.41) is 11.6. The molecular weight excluding hydrogens is 406 g/mol. The van der Waals surface area contributed by atoms with E-state index in [0.717, 1.165) is 19.3 Å². The topological polar surface area (TPSA) is 109 Å². The van der Waals surface area contributed by atoms with Crippen molar-refractivity contribution in [3.63, 3.8) is 0 Å². The second-order valence-electron chi connectivity index (χ2n) is 6.80. The fourth-order valence-electron chi connectivity index (χ4n) is 3.16. The van der Waals surface area contributed by atoms with Gasteiger partial charge in [0.25, 0.3) is 5.91 Å². The molecule has 0 atom stereocenters. The molecule has 1 N–H and O–H groups in total. The van der Waals surface area contributed by atoms with Gasteiger partial charge >= 0.3 is 0 Å². The van der Waals surface area contributed by atoms with Gasteiger partial charge in [0.15, 0.2) is 18.1 Å². The molecule has 1 saturated heterocycles. The Balaban J connectivity index is 1.59. The van der Waals surface area contributed by atoms with Crippen LogP contribution in [0.25, 0.3) is 0 Å². The van der Waals surface area contributed by atoms with Crippen LogP contribution in [0.3, 0.4) is 0 Å². The molecule has 9 heteroatoms. The number of nitrogens with zero attached hydrogens (tertiary/aromatic N) is 2. The van der Waals surface area contributed by atoms with E-state index in [1.807, 2.05) is 6.07 Å². The summed E-state index contributed by atoms with van der Waals surface area (Å²) in [6.45, 7) is 0.810. The fraction of sp³-hybridized carbons (Fsp3) is 0.333. The van der Waals surface area contributed by atoms with Crippen molar-refractivity contribution in [1.29, 1.82) is 5.26 Å². The first-order valence-corrected chi connectivity index (χ1v) is 11.0. The van der Waals surface area contributed by atoms with Crippen LogP contribution in [0.4, 0.5) is 5.69 Å². The Morgan fingerprint density at radius 3 is 2.43 bits per heavy atom. The van der Waals surface area contributed by atoms with Crippen molar-refractivity contribution in [1.82, 2.24) is 4.31 Å². The zero-order valence-corrected chi connectivity index (χ0v) is 17.4. The summed E-state index contributed by atoms with van der Waals surface area (Å²) in [6.07, 6.45) is 2.79. The van der Waals surface area contributed by atoms with Crippen LogP contribution in [-0.4, -0.2) is 45.4 Å². The summed E-state index contributed by atoms with van der Waals surface area (Å²) >= 11 is 0. The molecule has 0 aliphatic carbocycles. The molecule has 1 amide bonds. The molecule has 2 aromatic rings. The van der Waals surface area contributed by atoms with E-state index in [9.17, 15) is 13.2 Å². The fourth-order valence-corrected chi connectivity index (χ4v) is 4.68. The number of rotatable bonds is 7.